The van der Waals surface area contributed by atoms with E-state index in [0.717, 1.165) is 13.1 Å². The number of rotatable bonds is 5. The average Bonchev–Trinajstić information content (AvgIpc) is 2.81. The van der Waals surface area contributed by atoms with Gasteiger partial charge >= 0.3 is 0 Å². The van der Waals surface area contributed by atoms with E-state index in [1.54, 1.807) is 0 Å². The zero-order valence-corrected chi connectivity index (χ0v) is 11.8. The van der Waals surface area contributed by atoms with Crippen LogP contribution in [0.1, 0.15) is 12.5 Å². The van der Waals surface area contributed by atoms with E-state index < -0.39 is 0 Å². The number of benzene rings is 2. The van der Waals surface area contributed by atoms with Crippen molar-refractivity contribution in [3.8, 4) is 0 Å². The molecule has 3 heteroatoms. The maximum Gasteiger partial charge on any atom is 0.0556 e. The van der Waals surface area contributed by atoms with Crippen LogP contribution in [0, 0.1) is 0 Å². The summed E-state index contributed by atoms with van der Waals surface area (Å²) in [4.78, 5) is 0. The molecule has 0 unspecified atom stereocenters. The van der Waals surface area contributed by atoms with Crippen molar-refractivity contribution in [3.63, 3.8) is 0 Å². The van der Waals surface area contributed by atoms with Crippen molar-refractivity contribution >= 4 is 21.8 Å². The maximum absolute atomic E-state index is 8.83. The molecule has 0 saturated heterocycles. The van der Waals surface area contributed by atoms with Gasteiger partial charge in [0.1, 0.15) is 0 Å². The van der Waals surface area contributed by atoms with Gasteiger partial charge in [0.2, 0.25) is 0 Å². The highest BCUT2D eigenvalue weighted by molar-refractivity contribution is 6.08. The first-order valence-corrected chi connectivity index (χ1v) is 7.16. The summed E-state index contributed by atoms with van der Waals surface area (Å²) in [6, 6.07) is 15.2. The predicted octanol–water partition coefficient (Wildman–Crippen LogP) is 2.90. The maximum atomic E-state index is 8.83. The fourth-order valence-corrected chi connectivity index (χ4v) is 2.86. The third-order valence-corrected chi connectivity index (χ3v) is 3.77. The van der Waals surface area contributed by atoms with Crippen molar-refractivity contribution in [1.82, 2.24) is 9.88 Å². The summed E-state index contributed by atoms with van der Waals surface area (Å²) in [6.07, 6.45) is 0. The van der Waals surface area contributed by atoms with E-state index in [9.17, 15) is 0 Å². The summed E-state index contributed by atoms with van der Waals surface area (Å²) in [5, 5.41) is 14.7. The summed E-state index contributed by atoms with van der Waals surface area (Å²) in [7, 11) is 0. The second-order valence-corrected chi connectivity index (χ2v) is 5.01. The van der Waals surface area contributed by atoms with Gasteiger partial charge in [-0.3, -0.25) is 0 Å². The number of hydrogen-bond acceptors (Lipinski definition) is 2. The first-order chi connectivity index (χ1) is 9.85. The van der Waals surface area contributed by atoms with Gasteiger partial charge in [-0.15, -0.1) is 0 Å². The highest BCUT2D eigenvalue weighted by Crippen LogP contribution is 2.29. The Morgan fingerprint density at radius 1 is 1.05 bits per heavy atom. The molecule has 3 nitrogen and oxygen atoms in total. The van der Waals surface area contributed by atoms with Gasteiger partial charge in [0, 0.05) is 41.4 Å². The number of para-hydroxylation sites is 1. The van der Waals surface area contributed by atoms with Crippen LogP contribution < -0.4 is 5.32 Å². The van der Waals surface area contributed by atoms with Gasteiger partial charge in [-0.25, -0.2) is 0 Å². The van der Waals surface area contributed by atoms with Crippen molar-refractivity contribution in [1.29, 1.82) is 0 Å². The van der Waals surface area contributed by atoms with Crippen molar-refractivity contribution in [3.05, 3.63) is 48.0 Å². The Labute approximate surface area is 118 Å². The van der Waals surface area contributed by atoms with Gasteiger partial charge in [0.15, 0.2) is 0 Å². The minimum Gasteiger partial charge on any atom is -0.395 e. The standard InChI is InChI=1S/C17H20N2O/c1-2-19-16-6-4-3-5-14(16)15-11-13(7-8-17(15)19)12-18-9-10-20/h3-8,11,18,20H,2,9-10,12H2,1H3. The second-order valence-electron chi connectivity index (χ2n) is 5.01. The Bertz CT molecular complexity index is 730. The minimum absolute atomic E-state index is 0.178. The van der Waals surface area contributed by atoms with Crippen LogP contribution >= 0.6 is 0 Å². The fraction of sp³-hybridized carbons (Fsp3) is 0.294. The molecule has 20 heavy (non-hydrogen) atoms. The molecule has 0 saturated carbocycles. The number of aryl methyl sites for hydroxylation is 1. The number of aliphatic hydroxyl groups excluding tert-OH is 1. The molecule has 3 rings (SSSR count). The molecule has 0 amide bonds. The van der Waals surface area contributed by atoms with E-state index in [-0.39, 0.29) is 6.61 Å². The molecule has 0 bridgehead atoms. The molecule has 0 atom stereocenters. The topological polar surface area (TPSA) is 37.2 Å². The molecule has 1 heterocycles. The molecule has 0 aliphatic rings. The molecule has 2 aromatic carbocycles. The van der Waals surface area contributed by atoms with Gasteiger partial charge in [-0.1, -0.05) is 24.3 Å². The van der Waals surface area contributed by atoms with Crippen LogP contribution in [0.4, 0.5) is 0 Å². The molecule has 104 valence electrons. The molecule has 0 fully saturated rings. The highest BCUT2D eigenvalue weighted by Gasteiger charge is 2.09. The lowest BCUT2D eigenvalue weighted by Crippen LogP contribution is -2.17. The molecule has 0 aliphatic carbocycles. The molecule has 0 aliphatic heterocycles. The Morgan fingerprint density at radius 2 is 1.85 bits per heavy atom. The molecule has 0 spiro atoms. The first-order valence-electron chi connectivity index (χ1n) is 7.16. The third-order valence-electron chi connectivity index (χ3n) is 3.77. The molecule has 3 aromatic rings. The quantitative estimate of drug-likeness (QED) is 0.698. The Kier molecular flexibility index (Phi) is 3.72. The van der Waals surface area contributed by atoms with Crippen LogP contribution in [0.25, 0.3) is 21.8 Å². The van der Waals surface area contributed by atoms with Crippen LogP contribution in [0.3, 0.4) is 0 Å². The number of aromatic nitrogens is 1. The van der Waals surface area contributed by atoms with Crippen molar-refractivity contribution in [2.24, 2.45) is 0 Å². The third kappa shape index (κ3) is 2.19. The fourth-order valence-electron chi connectivity index (χ4n) is 2.86. The molecule has 1 aromatic heterocycles. The lowest BCUT2D eigenvalue weighted by molar-refractivity contribution is 0.292. The Balaban J connectivity index is 2.11. The number of nitrogens with one attached hydrogen (secondary N) is 1. The summed E-state index contributed by atoms with van der Waals surface area (Å²) in [6.45, 7) is 4.77. The van der Waals surface area contributed by atoms with E-state index in [1.165, 1.54) is 27.4 Å². The molecule has 0 radical (unpaired) electrons. The summed E-state index contributed by atoms with van der Waals surface area (Å²) < 4.78 is 2.36. The minimum atomic E-state index is 0.178. The van der Waals surface area contributed by atoms with E-state index in [2.05, 4.69) is 59.3 Å². The van der Waals surface area contributed by atoms with Crippen molar-refractivity contribution in [2.45, 2.75) is 20.0 Å². The van der Waals surface area contributed by atoms with E-state index in [4.69, 9.17) is 5.11 Å². The van der Waals surface area contributed by atoms with Gasteiger partial charge < -0.3 is 15.0 Å². The number of nitrogens with zero attached hydrogens (tertiary/aromatic N) is 1. The summed E-state index contributed by atoms with van der Waals surface area (Å²) >= 11 is 0. The average molecular weight is 268 g/mol. The van der Waals surface area contributed by atoms with Crippen molar-refractivity contribution < 1.29 is 5.11 Å². The first kappa shape index (κ1) is 13.2. The Morgan fingerprint density at radius 3 is 2.65 bits per heavy atom. The smallest absolute Gasteiger partial charge is 0.0556 e. The van der Waals surface area contributed by atoms with Crippen LogP contribution in [0.15, 0.2) is 42.5 Å². The van der Waals surface area contributed by atoms with Gasteiger partial charge in [-0.05, 0) is 30.7 Å². The van der Waals surface area contributed by atoms with Gasteiger partial charge in [-0.2, -0.15) is 0 Å². The monoisotopic (exact) mass is 268 g/mol. The van der Waals surface area contributed by atoms with Crippen molar-refractivity contribution in [2.75, 3.05) is 13.2 Å². The van der Waals surface area contributed by atoms with Crippen LogP contribution in [-0.4, -0.2) is 22.8 Å². The van der Waals surface area contributed by atoms with Crippen LogP contribution in [0.2, 0.25) is 0 Å². The molecular weight excluding hydrogens is 248 g/mol. The number of fused-ring (bicyclic) bond motifs is 3. The summed E-state index contributed by atoms with van der Waals surface area (Å²) in [5.74, 6) is 0. The zero-order valence-electron chi connectivity index (χ0n) is 11.8. The number of hydrogen-bond donors (Lipinski definition) is 2. The van der Waals surface area contributed by atoms with E-state index >= 15 is 0 Å². The summed E-state index contributed by atoms with van der Waals surface area (Å²) in [5.41, 5.74) is 3.84. The SMILES string of the molecule is CCn1c2ccccc2c2cc(CNCCO)ccc21. The molecule has 2 N–H and O–H groups in total. The van der Waals surface area contributed by atoms with Crippen LogP contribution in [-0.2, 0) is 13.1 Å². The highest BCUT2D eigenvalue weighted by atomic mass is 16.3. The van der Waals surface area contributed by atoms with E-state index in [0.29, 0.717) is 6.54 Å². The Hall–Kier alpha value is -1.84. The normalized spacial score (nSPS) is 11.5. The van der Waals surface area contributed by atoms with Gasteiger partial charge in [0.25, 0.3) is 0 Å². The lowest BCUT2D eigenvalue weighted by Gasteiger charge is -2.05. The van der Waals surface area contributed by atoms with E-state index in [1.807, 2.05) is 0 Å². The molecular formula is C17H20N2O. The van der Waals surface area contributed by atoms with Crippen LogP contribution in [0.5, 0.6) is 0 Å². The lowest BCUT2D eigenvalue weighted by atomic mass is 10.1. The van der Waals surface area contributed by atoms with Gasteiger partial charge in [0.05, 0.1) is 6.61 Å². The number of aliphatic hydroxyl groups is 1. The zero-order chi connectivity index (χ0) is 13.9. The predicted molar refractivity (Wildman–Crippen MR) is 83.9 cm³/mol. The second kappa shape index (κ2) is 5.65. The largest absolute Gasteiger partial charge is 0.395 e.